The van der Waals surface area contributed by atoms with Crippen molar-refractivity contribution < 1.29 is 28.6 Å². The molecule has 0 aromatic heterocycles. The van der Waals surface area contributed by atoms with Crippen molar-refractivity contribution in [2.45, 2.75) is 335 Å². The predicted octanol–water partition coefficient (Wildman–Crippen LogP) is 21.6. The van der Waals surface area contributed by atoms with Crippen molar-refractivity contribution >= 4 is 17.9 Å². The molecule has 0 aliphatic rings. The molecule has 0 aromatic rings. The van der Waals surface area contributed by atoms with E-state index in [9.17, 15) is 14.4 Å². The van der Waals surface area contributed by atoms with E-state index in [0.717, 1.165) is 77.0 Å². The van der Waals surface area contributed by atoms with Crippen LogP contribution in [0.3, 0.4) is 0 Å². The van der Waals surface area contributed by atoms with Gasteiger partial charge in [0.2, 0.25) is 0 Å². The Bertz CT molecular complexity index is 1310. The van der Waals surface area contributed by atoms with E-state index < -0.39 is 6.10 Å². The highest BCUT2D eigenvalue weighted by Crippen LogP contribution is 2.18. The number of rotatable bonds is 58. The Morgan fingerprint density at radius 1 is 0.288 bits per heavy atom. The van der Waals surface area contributed by atoms with Gasteiger partial charge in [0.15, 0.2) is 6.10 Å². The lowest BCUT2D eigenvalue weighted by atomic mass is 10.0. The highest BCUT2D eigenvalue weighted by molar-refractivity contribution is 5.71. The molecule has 0 spiro atoms. The number of ether oxygens (including phenoxy) is 3. The van der Waals surface area contributed by atoms with Crippen LogP contribution in [0.1, 0.15) is 329 Å². The van der Waals surface area contributed by atoms with Crippen LogP contribution < -0.4 is 0 Å². The first kappa shape index (κ1) is 70.1. The minimum absolute atomic E-state index is 0.0936. The van der Waals surface area contributed by atoms with Crippen molar-refractivity contribution in [3.05, 3.63) is 60.8 Å². The molecular weight excluding hydrogens is 901 g/mol. The van der Waals surface area contributed by atoms with Crippen LogP contribution in [0, 0.1) is 0 Å². The van der Waals surface area contributed by atoms with Gasteiger partial charge in [0.1, 0.15) is 13.2 Å². The zero-order valence-corrected chi connectivity index (χ0v) is 48.7. The van der Waals surface area contributed by atoms with Crippen molar-refractivity contribution in [3.63, 3.8) is 0 Å². The topological polar surface area (TPSA) is 78.9 Å². The molecule has 0 fully saturated rings. The van der Waals surface area contributed by atoms with Gasteiger partial charge < -0.3 is 14.2 Å². The molecule has 0 heterocycles. The molecule has 73 heavy (non-hydrogen) atoms. The van der Waals surface area contributed by atoms with Gasteiger partial charge in [-0.25, -0.2) is 0 Å². The van der Waals surface area contributed by atoms with Gasteiger partial charge in [-0.3, -0.25) is 14.4 Å². The summed E-state index contributed by atoms with van der Waals surface area (Å²) in [6.45, 7) is 6.47. The first-order chi connectivity index (χ1) is 36.0. The smallest absolute Gasteiger partial charge is 0.306 e. The second-order valence-electron chi connectivity index (χ2n) is 21.3. The van der Waals surface area contributed by atoms with Gasteiger partial charge in [0.05, 0.1) is 0 Å². The van der Waals surface area contributed by atoms with Crippen molar-refractivity contribution in [1.29, 1.82) is 0 Å². The second kappa shape index (κ2) is 61.7. The van der Waals surface area contributed by atoms with Crippen molar-refractivity contribution in [1.82, 2.24) is 0 Å². The summed E-state index contributed by atoms with van der Waals surface area (Å²) in [4.78, 5) is 38.0. The van der Waals surface area contributed by atoms with E-state index in [1.807, 2.05) is 0 Å². The fourth-order valence-corrected chi connectivity index (χ4v) is 9.31. The largest absolute Gasteiger partial charge is 0.462 e. The molecule has 0 aliphatic carbocycles. The lowest BCUT2D eigenvalue weighted by Crippen LogP contribution is -2.30. The third-order valence-corrected chi connectivity index (χ3v) is 14.0. The SMILES string of the molecule is CC/C=C\C/C=C\C/C=C\C/C=C\C/C=C\CCCC(=O)OC(COC(=O)CCCCCCCCC)COC(=O)CCCCCCCCCCCCCCCCCCCCCCCCCCCCCCCCC. The van der Waals surface area contributed by atoms with Crippen LogP contribution >= 0.6 is 0 Å². The number of carbonyl (C=O) groups is 3. The molecule has 6 heteroatoms. The van der Waals surface area contributed by atoms with Crippen LogP contribution in [0.25, 0.3) is 0 Å². The quantitative estimate of drug-likeness (QED) is 0.0261. The fraction of sp³-hybridized carbons (Fsp3) is 0.806. The number of hydrogen-bond acceptors (Lipinski definition) is 6. The van der Waals surface area contributed by atoms with E-state index in [-0.39, 0.29) is 37.5 Å². The molecule has 0 saturated heterocycles. The third kappa shape index (κ3) is 59.9. The van der Waals surface area contributed by atoms with Crippen molar-refractivity contribution in [2.24, 2.45) is 0 Å². The predicted molar refractivity (Wildman–Crippen MR) is 316 cm³/mol. The van der Waals surface area contributed by atoms with Gasteiger partial charge >= 0.3 is 17.9 Å². The maximum Gasteiger partial charge on any atom is 0.306 e. The number of carbonyl (C=O) groups excluding carboxylic acids is 3. The lowest BCUT2D eigenvalue weighted by molar-refractivity contribution is -0.167. The van der Waals surface area contributed by atoms with Gasteiger partial charge in [0.25, 0.3) is 0 Å². The molecular formula is C67H120O6. The van der Waals surface area contributed by atoms with Gasteiger partial charge in [-0.2, -0.15) is 0 Å². The van der Waals surface area contributed by atoms with E-state index in [1.165, 1.54) is 205 Å². The Morgan fingerprint density at radius 2 is 0.534 bits per heavy atom. The van der Waals surface area contributed by atoms with E-state index >= 15 is 0 Å². The van der Waals surface area contributed by atoms with Crippen LogP contribution in [-0.2, 0) is 28.6 Å². The van der Waals surface area contributed by atoms with Crippen molar-refractivity contribution in [2.75, 3.05) is 13.2 Å². The number of hydrogen-bond donors (Lipinski definition) is 0. The van der Waals surface area contributed by atoms with Crippen LogP contribution in [0.15, 0.2) is 60.8 Å². The second-order valence-corrected chi connectivity index (χ2v) is 21.3. The summed E-state index contributed by atoms with van der Waals surface area (Å²) >= 11 is 0. The first-order valence-corrected chi connectivity index (χ1v) is 31.8. The highest BCUT2D eigenvalue weighted by Gasteiger charge is 2.19. The lowest BCUT2D eigenvalue weighted by Gasteiger charge is -2.18. The number of allylic oxidation sites excluding steroid dienone is 10. The average molecular weight is 1020 g/mol. The Kier molecular flexibility index (Phi) is 59.2. The molecule has 0 aromatic carbocycles. The molecule has 0 bridgehead atoms. The summed E-state index contributed by atoms with van der Waals surface area (Å²) in [7, 11) is 0. The van der Waals surface area contributed by atoms with Crippen LogP contribution in [0.4, 0.5) is 0 Å². The minimum atomic E-state index is -0.800. The Balaban J connectivity index is 4.04. The Morgan fingerprint density at radius 3 is 0.822 bits per heavy atom. The van der Waals surface area contributed by atoms with Crippen LogP contribution in [-0.4, -0.2) is 37.2 Å². The summed E-state index contributed by atoms with van der Waals surface area (Å²) in [5, 5.41) is 0. The molecule has 1 unspecified atom stereocenters. The van der Waals surface area contributed by atoms with Gasteiger partial charge in [-0.15, -0.1) is 0 Å². The van der Waals surface area contributed by atoms with E-state index in [4.69, 9.17) is 14.2 Å². The van der Waals surface area contributed by atoms with Crippen LogP contribution in [0.2, 0.25) is 0 Å². The fourth-order valence-electron chi connectivity index (χ4n) is 9.31. The molecule has 1 atom stereocenters. The molecule has 0 aliphatic heterocycles. The summed E-state index contributed by atoms with van der Waals surface area (Å²) < 4.78 is 16.8. The third-order valence-electron chi connectivity index (χ3n) is 14.0. The average Bonchev–Trinajstić information content (AvgIpc) is 3.39. The van der Waals surface area contributed by atoms with Gasteiger partial charge in [0, 0.05) is 19.3 Å². The summed E-state index contributed by atoms with van der Waals surface area (Å²) in [5.74, 6) is -0.947. The first-order valence-electron chi connectivity index (χ1n) is 31.8. The Labute approximate surface area is 453 Å². The van der Waals surface area contributed by atoms with E-state index in [1.54, 1.807) is 0 Å². The zero-order chi connectivity index (χ0) is 52.9. The maximum atomic E-state index is 12.8. The van der Waals surface area contributed by atoms with Gasteiger partial charge in [-0.05, 0) is 57.8 Å². The van der Waals surface area contributed by atoms with E-state index in [0.29, 0.717) is 19.3 Å². The van der Waals surface area contributed by atoms with Crippen LogP contribution in [0.5, 0.6) is 0 Å². The minimum Gasteiger partial charge on any atom is -0.462 e. The molecule has 0 amide bonds. The standard InChI is InChI=1S/C67H120O6/c1-4-7-10-13-16-18-20-22-24-26-27-28-29-30-31-32-33-34-35-36-37-38-39-41-42-44-46-48-51-54-57-60-66(69)72-63-64(62-71-65(68)59-56-53-50-15-12-9-6-3)73-67(70)61-58-55-52-49-47-45-43-40-25-23-21-19-17-14-11-8-5-2/h8,11,17,19,23,25,43,45,49,52,64H,4-7,9-10,12-16,18,20-22,24,26-42,44,46-48,50-51,53-63H2,1-3H3/b11-8-,19-17-,25-23-,45-43-,52-49-. The van der Waals surface area contributed by atoms with E-state index in [2.05, 4.69) is 81.5 Å². The molecule has 0 N–H and O–H groups in total. The number of esters is 3. The zero-order valence-electron chi connectivity index (χ0n) is 48.7. The van der Waals surface area contributed by atoms with Gasteiger partial charge in [-0.1, -0.05) is 313 Å². The highest BCUT2D eigenvalue weighted by atomic mass is 16.6. The number of unbranched alkanes of at least 4 members (excludes halogenated alkanes) is 37. The summed E-state index contributed by atoms with van der Waals surface area (Å²) in [6.07, 6.45) is 78.6. The monoisotopic (exact) mass is 1020 g/mol. The summed E-state index contributed by atoms with van der Waals surface area (Å²) in [6, 6.07) is 0. The van der Waals surface area contributed by atoms with Crippen molar-refractivity contribution in [3.8, 4) is 0 Å². The Hall–Kier alpha value is -2.89. The molecule has 0 radical (unpaired) electrons. The normalized spacial score (nSPS) is 12.4. The molecule has 6 nitrogen and oxygen atoms in total. The molecule has 0 rings (SSSR count). The molecule has 0 saturated carbocycles. The summed E-state index contributed by atoms with van der Waals surface area (Å²) in [5.41, 5.74) is 0. The maximum absolute atomic E-state index is 12.8. The molecule has 424 valence electrons.